The maximum Gasteiger partial charge on any atom is 0.112 e. The van der Waals surface area contributed by atoms with Crippen LogP contribution in [0.2, 0.25) is 0 Å². The third-order valence-corrected chi connectivity index (χ3v) is 3.07. The maximum absolute atomic E-state index is 4.39. The molecule has 0 fully saturated rings. The number of fused-ring (bicyclic) bond motifs is 1. The fourth-order valence-electron chi connectivity index (χ4n) is 1.76. The zero-order valence-electron chi connectivity index (χ0n) is 9.92. The van der Waals surface area contributed by atoms with Crippen LogP contribution in [-0.4, -0.2) is 20.2 Å². The molecule has 0 amide bonds. The predicted octanol–water partition coefficient (Wildman–Crippen LogP) is 2.79. The number of rotatable bonds is 3. The third-order valence-electron chi connectivity index (χ3n) is 2.63. The van der Waals surface area contributed by atoms with Gasteiger partial charge in [-0.2, -0.15) is 10.2 Å². The van der Waals surface area contributed by atoms with Crippen molar-refractivity contribution in [3.63, 3.8) is 0 Å². The quantitative estimate of drug-likeness (QED) is 0.805. The van der Waals surface area contributed by atoms with E-state index in [1.165, 1.54) is 0 Å². The summed E-state index contributed by atoms with van der Waals surface area (Å²) in [5, 5.41) is 11.2. The van der Waals surface area contributed by atoms with E-state index in [4.69, 9.17) is 0 Å². The molecule has 3 heterocycles. The molecule has 94 valence electrons. The highest BCUT2D eigenvalue weighted by atomic mass is 79.9. The lowest BCUT2D eigenvalue weighted by Crippen LogP contribution is -2.03. The van der Waals surface area contributed by atoms with E-state index in [-0.39, 0.29) is 0 Å². The van der Waals surface area contributed by atoms with Crippen molar-refractivity contribution in [2.45, 2.75) is 6.54 Å². The van der Waals surface area contributed by atoms with Gasteiger partial charge in [0.15, 0.2) is 0 Å². The minimum absolute atomic E-state index is 0.602. The van der Waals surface area contributed by atoms with Crippen molar-refractivity contribution in [2.24, 2.45) is 0 Å². The first kappa shape index (κ1) is 12.0. The number of aromatic nitrogens is 4. The number of nitrogens with one attached hydrogen (secondary N) is 1. The Morgan fingerprint density at radius 3 is 2.95 bits per heavy atom. The fourth-order valence-corrected chi connectivity index (χ4v) is 2.08. The lowest BCUT2D eigenvalue weighted by Gasteiger charge is -2.08. The third kappa shape index (κ3) is 2.68. The highest BCUT2D eigenvalue weighted by molar-refractivity contribution is 9.10. The fraction of sp³-hybridized carbons (Fsp3) is 0.0769. The summed E-state index contributed by atoms with van der Waals surface area (Å²) < 4.78 is 0.915. The zero-order chi connectivity index (χ0) is 13.1. The van der Waals surface area contributed by atoms with Gasteiger partial charge in [-0.3, -0.25) is 9.97 Å². The highest BCUT2D eigenvalue weighted by Crippen LogP contribution is 2.22. The smallest absolute Gasteiger partial charge is 0.112 e. The number of hydrogen-bond donors (Lipinski definition) is 1. The summed E-state index contributed by atoms with van der Waals surface area (Å²) in [5.41, 5.74) is 3.50. The Morgan fingerprint density at radius 1 is 1.16 bits per heavy atom. The van der Waals surface area contributed by atoms with Gasteiger partial charge in [0.2, 0.25) is 0 Å². The van der Waals surface area contributed by atoms with E-state index in [1.54, 1.807) is 18.6 Å². The molecule has 0 saturated heterocycles. The van der Waals surface area contributed by atoms with Crippen molar-refractivity contribution >= 4 is 32.7 Å². The largest absolute Gasteiger partial charge is 0.377 e. The summed E-state index contributed by atoms with van der Waals surface area (Å²) >= 11 is 3.39. The number of halogens is 1. The molecule has 3 aromatic rings. The van der Waals surface area contributed by atoms with Crippen molar-refractivity contribution in [1.29, 1.82) is 0 Å². The van der Waals surface area contributed by atoms with Gasteiger partial charge in [0.1, 0.15) is 5.52 Å². The molecule has 1 N–H and O–H groups in total. The van der Waals surface area contributed by atoms with Crippen LogP contribution in [-0.2, 0) is 6.54 Å². The summed E-state index contributed by atoms with van der Waals surface area (Å²) in [7, 11) is 0. The number of hydrogen-bond acceptors (Lipinski definition) is 5. The SMILES string of the molecule is Brc1cnc2c(NCc3cccnn3)ccnc2c1. The Labute approximate surface area is 118 Å². The minimum Gasteiger partial charge on any atom is -0.377 e. The van der Waals surface area contributed by atoms with Crippen LogP contribution in [0.5, 0.6) is 0 Å². The second kappa shape index (κ2) is 5.27. The molecule has 0 bridgehead atoms. The molecule has 0 aliphatic carbocycles. The molecule has 0 unspecified atom stereocenters. The standard InChI is InChI=1S/C13H10BrN5/c14-9-6-12-13(17-7-9)11(3-5-15-12)16-8-10-2-1-4-18-19-10/h1-7H,8H2,(H,15,16). The van der Waals surface area contributed by atoms with Crippen LogP contribution >= 0.6 is 15.9 Å². The molecule has 0 aliphatic heterocycles. The summed E-state index contributed by atoms with van der Waals surface area (Å²) in [6.45, 7) is 0.602. The van der Waals surface area contributed by atoms with Gasteiger partial charge in [-0.1, -0.05) is 0 Å². The van der Waals surface area contributed by atoms with Crippen LogP contribution in [0.25, 0.3) is 11.0 Å². The monoisotopic (exact) mass is 315 g/mol. The molecular formula is C13H10BrN5. The van der Waals surface area contributed by atoms with Gasteiger partial charge in [0.05, 0.1) is 23.4 Å². The van der Waals surface area contributed by atoms with Gasteiger partial charge < -0.3 is 5.32 Å². The number of nitrogens with zero attached hydrogens (tertiary/aromatic N) is 4. The van der Waals surface area contributed by atoms with Gasteiger partial charge in [-0.15, -0.1) is 0 Å². The van der Waals surface area contributed by atoms with Gasteiger partial charge in [-0.25, -0.2) is 0 Å². The molecule has 0 atom stereocenters. The molecule has 0 spiro atoms. The first-order chi connectivity index (χ1) is 9.33. The van der Waals surface area contributed by atoms with Crippen molar-refractivity contribution in [2.75, 3.05) is 5.32 Å². The summed E-state index contributed by atoms with van der Waals surface area (Å²) in [6.07, 6.45) is 5.18. The van der Waals surface area contributed by atoms with Crippen molar-refractivity contribution in [3.8, 4) is 0 Å². The summed E-state index contributed by atoms with van der Waals surface area (Å²) in [5.74, 6) is 0. The average Bonchev–Trinajstić information content (AvgIpc) is 2.45. The van der Waals surface area contributed by atoms with Gasteiger partial charge >= 0.3 is 0 Å². The minimum atomic E-state index is 0.602. The van der Waals surface area contributed by atoms with E-state index < -0.39 is 0 Å². The molecule has 19 heavy (non-hydrogen) atoms. The molecule has 5 nitrogen and oxygen atoms in total. The summed E-state index contributed by atoms with van der Waals surface area (Å²) in [4.78, 5) is 8.68. The van der Waals surface area contributed by atoms with Crippen LogP contribution in [0, 0.1) is 0 Å². The van der Waals surface area contributed by atoms with E-state index >= 15 is 0 Å². The van der Waals surface area contributed by atoms with Crippen LogP contribution in [0.4, 0.5) is 5.69 Å². The van der Waals surface area contributed by atoms with Gasteiger partial charge in [-0.05, 0) is 40.2 Å². The van der Waals surface area contributed by atoms with Crippen molar-refractivity contribution in [1.82, 2.24) is 20.2 Å². The first-order valence-electron chi connectivity index (χ1n) is 5.73. The Hall–Kier alpha value is -2.08. The highest BCUT2D eigenvalue weighted by Gasteiger charge is 2.04. The summed E-state index contributed by atoms with van der Waals surface area (Å²) in [6, 6.07) is 7.63. The van der Waals surface area contributed by atoms with E-state index in [9.17, 15) is 0 Å². The van der Waals surface area contributed by atoms with E-state index in [0.29, 0.717) is 6.54 Å². The molecule has 3 aromatic heterocycles. The molecule has 0 aliphatic rings. The molecule has 0 saturated carbocycles. The normalized spacial score (nSPS) is 10.6. The lowest BCUT2D eigenvalue weighted by molar-refractivity contribution is 0.925. The van der Waals surface area contributed by atoms with Gasteiger partial charge in [0.25, 0.3) is 0 Å². The van der Waals surface area contributed by atoms with Gasteiger partial charge in [0, 0.05) is 23.1 Å². The van der Waals surface area contributed by atoms with Crippen LogP contribution in [0.1, 0.15) is 5.69 Å². The van der Waals surface area contributed by atoms with Crippen LogP contribution in [0.15, 0.2) is 47.3 Å². The molecule has 3 rings (SSSR count). The molecule has 0 aromatic carbocycles. The Balaban J connectivity index is 1.89. The zero-order valence-corrected chi connectivity index (χ0v) is 11.5. The van der Waals surface area contributed by atoms with Crippen molar-refractivity contribution in [3.05, 3.63) is 53.0 Å². The Kier molecular flexibility index (Phi) is 3.33. The molecular weight excluding hydrogens is 306 g/mol. The topological polar surface area (TPSA) is 63.6 Å². The van der Waals surface area contributed by atoms with Crippen LogP contribution < -0.4 is 5.32 Å². The van der Waals surface area contributed by atoms with Crippen LogP contribution in [0.3, 0.4) is 0 Å². The van der Waals surface area contributed by atoms with E-state index in [1.807, 2.05) is 24.3 Å². The Morgan fingerprint density at radius 2 is 2.11 bits per heavy atom. The van der Waals surface area contributed by atoms with E-state index in [0.717, 1.165) is 26.9 Å². The van der Waals surface area contributed by atoms with Crippen molar-refractivity contribution < 1.29 is 0 Å². The average molecular weight is 316 g/mol. The molecule has 0 radical (unpaired) electrons. The second-order valence-electron chi connectivity index (χ2n) is 3.95. The first-order valence-corrected chi connectivity index (χ1v) is 6.53. The predicted molar refractivity (Wildman–Crippen MR) is 76.6 cm³/mol. The number of pyridine rings is 2. The lowest BCUT2D eigenvalue weighted by atomic mass is 10.2. The maximum atomic E-state index is 4.39. The van der Waals surface area contributed by atoms with E-state index in [2.05, 4.69) is 41.4 Å². The molecule has 6 heteroatoms. The number of anilines is 1. The second-order valence-corrected chi connectivity index (χ2v) is 4.86. The Bertz CT molecular complexity index is 702.